The molecule has 1 aliphatic rings. The number of nitrogens with zero attached hydrogens (tertiary/aromatic N) is 4. The van der Waals surface area contributed by atoms with E-state index in [1.165, 1.54) is 11.1 Å². The van der Waals surface area contributed by atoms with E-state index in [9.17, 15) is 9.59 Å². The summed E-state index contributed by atoms with van der Waals surface area (Å²) in [4.78, 5) is 38.7. The first kappa shape index (κ1) is 39.1. The van der Waals surface area contributed by atoms with Gasteiger partial charge in [-0.15, -0.1) is 37.2 Å². The van der Waals surface area contributed by atoms with E-state index in [-0.39, 0.29) is 49.0 Å². The largest absolute Gasteiger partial charge is 0.493 e. The highest BCUT2D eigenvalue weighted by Gasteiger charge is 2.45. The number of rotatable bonds is 13. The highest BCUT2D eigenvalue weighted by molar-refractivity contribution is 6.20. The maximum Gasteiger partial charge on any atom is 0.242 e. The van der Waals surface area contributed by atoms with Crippen molar-refractivity contribution in [1.29, 1.82) is 0 Å². The molecule has 0 aliphatic carbocycles. The van der Waals surface area contributed by atoms with Gasteiger partial charge in [-0.2, -0.15) is 0 Å². The van der Waals surface area contributed by atoms with Gasteiger partial charge in [-0.1, -0.05) is 19.9 Å². The molecule has 1 N–H and O–H groups in total. The Kier molecular flexibility index (Phi) is 16.1. The van der Waals surface area contributed by atoms with Crippen LogP contribution in [0.5, 0.6) is 5.75 Å². The van der Waals surface area contributed by atoms with Crippen LogP contribution in [0.1, 0.15) is 57.4 Å². The molecule has 4 rings (SSSR count). The molecule has 0 radical (unpaired) electrons. The zero-order valence-corrected chi connectivity index (χ0v) is 28.7. The summed E-state index contributed by atoms with van der Waals surface area (Å²) in [6.07, 6.45) is 9.06. The van der Waals surface area contributed by atoms with E-state index in [2.05, 4.69) is 41.3 Å². The van der Waals surface area contributed by atoms with Crippen molar-refractivity contribution in [2.75, 3.05) is 36.5 Å². The van der Waals surface area contributed by atoms with Gasteiger partial charge < -0.3 is 19.9 Å². The van der Waals surface area contributed by atoms with Gasteiger partial charge >= 0.3 is 0 Å². The maximum absolute atomic E-state index is 13.4. The Morgan fingerprint density at radius 3 is 2.41 bits per heavy atom. The number of carbonyl (C=O) groups is 2. The van der Waals surface area contributed by atoms with Crippen molar-refractivity contribution in [3.8, 4) is 5.75 Å². The van der Waals surface area contributed by atoms with Gasteiger partial charge in [0.15, 0.2) is 0 Å². The first-order valence-electron chi connectivity index (χ1n) is 14.6. The highest BCUT2D eigenvalue weighted by Crippen LogP contribution is 2.40. The lowest BCUT2D eigenvalue weighted by Crippen LogP contribution is -2.47. The summed E-state index contributed by atoms with van der Waals surface area (Å²) < 4.78 is 6.06. The third-order valence-electron chi connectivity index (χ3n) is 7.52. The Morgan fingerprint density at radius 2 is 1.70 bits per heavy atom. The number of fused-ring (bicyclic) bond motifs is 1. The van der Waals surface area contributed by atoms with E-state index in [1.807, 2.05) is 42.7 Å². The van der Waals surface area contributed by atoms with Crippen LogP contribution >= 0.6 is 37.2 Å². The topological polar surface area (TPSA) is 87.7 Å². The monoisotopic (exact) mass is 665 g/mol. The zero-order valence-electron chi connectivity index (χ0n) is 26.2. The molecule has 2 aromatic heterocycles. The fraction of sp³-hybridized carbons (Fsp3) is 0.455. The molecule has 2 amide bonds. The lowest BCUT2D eigenvalue weighted by Gasteiger charge is -2.28. The van der Waals surface area contributed by atoms with E-state index in [0.29, 0.717) is 30.5 Å². The molecule has 0 atom stereocenters. The van der Waals surface area contributed by atoms with Crippen molar-refractivity contribution in [2.45, 2.75) is 59.9 Å². The van der Waals surface area contributed by atoms with Crippen LogP contribution in [0.4, 0.5) is 11.4 Å². The SMILES string of the molecule is CC(C)CCN1C(=O)C(C)(C)C(=O)N(C)c2cc(OCCCNCc3ccnc(CCc4cccnc4)c3)ccc21.Cl.Cl.Cl. The minimum Gasteiger partial charge on any atom is -0.493 e. The molecule has 44 heavy (non-hydrogen) atoms. The number of hydrogen-bond acceptors (Lipinski definition) is 6. The molecule has 0 unspecified atom stereocenters. The van der Waals surface area contributed by atoms with Crippen molar-refractivity contribution in [3.63, 3.8) is 0 Å². The summed E-state index contributed by atoms with van der Waals surface area (Å²) in [7, 11) is 1.74. The molecule has 0 bridgehead atoms. The number of aromatic nitrogens is 2. The van der Waals surface area contributed by atoms with Gasteiger partial charge in [0, 0.05) is 50.5 Å². The van der Waals surface area contributed by atoms with Gasteiger partial charge in [0.2, 0.25) is 11.8 Å². The third kappa shape index (κ3) is 10.1. The molecular formula is C33H46Cl3N5O3. The van der Waals surface area contributed by atoms with Crippen molar-refractivity contribution in [2.24, 2.45) is 11.3 Å². The van der Waals surface area contributed by atoms with E-state index in [1.54, 1.807) is 36.9 Å². The van der Waals surface area contributed by atoms with Crippen LogP contribution in [0.2, 0.25) is 0 Å². The summed E-state index contributed by atoms with van der Waals surface area (Å²) >= 11 is 0. The lowest BCUT2D eigenvalue weighted by molar-refractivity contribution is -0.137. The van der Waals surface area contributed by atoms with Gasteiger partial charge in [0.1, 0.15) is 11.2 Å². The van der Waals surface area contributed by atoms with E-state index in [4.69, 9.17) is 4.74 Å². The molecule has 0 saturated heterocycles. The standard InChI is InChI=1S/C33H43N5O3.3ClH/c1-24(2)14-18-38-29-12-11-28(21-30(29)37(5)31(39)33(3,4)32(38)40)41-19-7-16-35-23-26-13-17-36-27(20-26)10-9-25-8-6-15-34-22-25;;;/h6,8,11-13,15,17,20-22,24,35H,7,9-10,14,16,18-19,23H2,1-5H3;3*1H. The zero-order chi connectivity index (χ0) is 29.4. The van der Waals surface area contributed by atoms with Gasteiger partial charge in [-0.3, -0.25) is 19.6 Å². The molecular weight excluding hydrogens is 621 g/mol. The predicted octanol–water partition coefficient (Wildman–Crippen LogP) is 6.47. The van der Waals surface area contributed by atoms with E-state index < -0.39 is 5.41 Å². The Morgan fingerprint density at radius 1 is 0.932 bits per heavy atom. The molecule has 0 saturated carbocycles. The van der Waals surface area contributed by atoms with Crippen LogP contribution in [0.3, 0.4) is 0 Å². The van der Waals surface area contributed by atoms with Gasteiger partial charge in [0.25, 0.3) is 0 Å². The molecule has 3 heterocycles. The number of benzene rings is 1. The Labute approximate surface area is 280 Å². The molecule has 0 spiro atoms. The lowest BCUT2D eigenvalue weighted by atomic mass is 9.90. The number of anilines is 2. The fourth-order valence-corrected chi connectivity index (χ4v) is 4.98. The third-order valence-corrected chi connectivity index (χ3v) is 7.52. The molecule has 0 fully saturated rings. The first-order valence-corrected chi connectivity index (χ1v) is 14.6. The highest BCUT2D eigenvalue weighted by atomic mass is 35.5. The summed E-state index contributed by atoms with van der Waals surface area (Å²) in [5, 5.41) is 3.49. The Hall–Kier alpha value is -2.91. The molecule has 11 heteroatoms. The Balaban J connectivity index is 0.00000323. The van der Waals surface area contributed by atoms with Crippen molar-refractivity contribution < 1.29 is 14.3 Å². The van der Waals surface area contributed by atoms with Crippen LogP contribution in [-0.4, -0.2) is 48.5 Å². The van der Waals surface area contributed by atoms with Crippen LogP contribution in [0.15, 0.2) is 61.1 Å². The quantitative estimate of drug-likeness (QED) is 0.166. The molecule has 242 valence electrons. The van der Waals surface area contributed by atoms with E-state index >= 15 is 0 Å². The first-order chi connectivity index (χ1) is 19.7. The van der Waals surface area contributed by atoms with Crippen LogP contribution < -0.4 is 19.9 Å². The second kappa shape index (κ2) is 18.2. The summed E-state index contributed by atoms with van der Waals surface area (Å²) in [5.41, 5.74) is 3.82. The number of ether oxygens (including phenoxy) is 1. The second-order valence-corrected chi connectivity index (χ2v) is 11.7. The van der Waals surface area contributed by atoms with Crippen LogP contribution in [0.25, 0.3) is 0 Å². The second-order valence-electron chi connectivity index (χ2n) is 11.7. The number of amides is 2. The van der Waals surface area contributed by atoms with Crippen molar-refractivity contribution in [3.05, 3.63) is 77.9 Å². The number of aryl methyl sites for hydroxylation is 2. The van der Waals surface area contributed by atoms with Crippen LogP contribution in [0, 0.1) is 11.3 Å². The number of carbonyl (C=O) groups excluding carboxylic acids is 2. The minimum absolute atomic E-state index is 0. The Bertz CT molecular complexity index is 1340. The molecule has 1 aliphatic heterocycles. The number of nitrogens with one attached hydrogen (secondary N) is 1. The number of hydrogen-bond donors (Lipinski definition) is 1. The number of pyridine rings is 2. The normalized spacial score (nSPS) is 13.8. The average molecular weight is 667 g/mol. The maximum atomic E-state index is 13.4. The summed E-state index contributed by atoms with van der Waals surface area (Å²) in [6, 6.07) is 13.9. The average Bonchev–Trinajstić information content (AvgIpc) is 3.02. The van der Waals surface area contributed by atoms with Gasteiger partial charge in [-0.05, 0) is 93.5 Å². The summed E-state index contributed by atoms with van der Waals surface area (Å²) in [5.74, 6) is 0.754. The summed E-state index contributed by atoms with van der Waals surface area (Å²) in [6.45, 7) is 10.4. The van der Waals surface area contributed by atoms with E-state index in [0.717, 1.165) is 50.2 Å². The molecule has 1 aromatic carbocycles. The molecule has 3 aromatic rings. The molecule has 8 nitrogen and oxygen atoms in total. The van der Waals surface area contributed by atoms with Gasteiger partial charge in [0.05, 0.1) is 18.0 Å². The minimum atomic E-state index is -1.13. The smallest absolute Gasteiger partial charge is 0.242 e. The van der Waals surface area contributed by atoms with Crippen molar-refractivity contribution in [1.82, 2.24) is 15.3 Å². The predicted molar refractivity (Wildman–Crippen MR) is 185 cm³/mol. The van der Waals surface area contributed by atoms with Gasteiger partial charge in [-0.25, -0.2) is 0 Å². The number of halogens is 3. The van der Waals surface area contributed by atoms with Crippen molar-refractivity contribution >= 4 is 60.4 Å². The fourth-order valence-electron chi connectivity index (χ4n) is 4.98. The van der Waals surface area contributed by atoms with Crippen LogP contribution in [-0.2, 0) is 29.0 Å².